The summed E-state index contributed by atoms with van der Waals surface area (Å²) < 4.78 is 21.3. The smallest absolute Gasteiger partial charge is 0.335 e. The second kappa shape index (κ2) is 10.7. The van der Waals surface area contributed by atoms with E-state index in [1.54, 1.807) is 24.4 Å². The second-order valence-electron chi connectivity index (χ2n) is 12.3. The maximum atomic E-state index is 15.9. The zero-order valence-corrected chi connectivity index (χ0v) is 24.8. The number of carbonyl (C=O) groups excluding carboxylic acids is 2. The van der Waals surface area contributed by atoms with Crippen LogP contribution in [0, 0.1) is 30.0 Å². The van der Waals surface area contributed by atoms with Gasteiger partial charge in [-0.05, 0) is 72.6 Å². The number of anilines is 2. The number of aryl methyl sites for hydroxylation is 1. The fourth-order valence-electron chi connectivity index (χ4n) is 6.84. The molecule has 2 heterocycles. The maximum absolute atomic E-state index is 15.9. The van der Waals surface area contributed by atoms with Crippen molar-refractivity contribution in [2.45, 2.75) is 51.9 Å². The quantitative estimate of drug-likeness (QED) is 0.297. The van der Waals surface area contributed by atoms with E-state index in [0.717, 1.165) is 5.56 Å². The summed E-state index contributed by atoms with van der Waals surface area (Å²) >= 11 is 6.27. The Bertz CT molecular complexity index is 1600. The Morgan fingerprint density at radius 2 is 1.98 bits per heavy atom. The summed E-state index contributed by atoms with van der Waals surface area (Å²) in [4.78, 5) is 44.7. The van der Waals surface area contributed by atoms with Crippen LogP contribution in [0.4, 0.5) is 15.8 Å². The highest BCUT2D eigenvalue weighted by molar-refractivity contribution is 6.30. The molecule has 1 aromatic heterocycles. The summed E-state index contributed by atoms with van der Waals surface area (Å²) in [7, 11) is 1.37. The molecule has 0 unspecified atom stereocenters. The van der Waals surface area contributed by atoms with E-state index in [2.05, 4.69) is 31.4 Å². The number of aromatic carboxylic acids is 1. The predicted octanol–water partition coefficient (Wildman–Crippen LogP) is 6.57. The third-order valence-electron chi connectivity index (χ3n) is 8.46. The number of fused-ring (bicyclic) bond motifs is 2. The van der Waals surface area contributed by atoms with Gasteiger partial charge in [0.15, 0.2) is 0 Å². The van der Waals surface area contributed by atoms with Gasteiger partial charge in [-0.2, -0.15) is 0 Å². The minimum atomic E-state index is -1.35. The summed E-state index contributed by atoms with van der Waals surface area (Å²) in [6.45, 7) is 8.07. The number of benzene rings is 2. The molecular weight excluding hydrogens is 561 g/mol. The third-order valence-corrected chi connectivity index (χ3v) is 8.75. The van der Waals surface area contributed by atoms with E-state index >= 15 is 4.39 Å². The lowest BCUT2D eigenvalue weighted by atomic mass is 9.63. The van der Waals surface area contributed by atoms with Gasteiger partial charge in [0.05, 0.1) is 34.8 Å². The molecule has 1 aliphatic heterocycles. The third kappa shape index (κ3) is 4.79. The van der Waals surface area contributed by atoms with Gasteiger partial charge in [-0.15, -0.1) is 0 Å². The summed E-state index contributed by atoms with van der Waals surface area (Å²) in [5.74, 6) is -4.62. The van der Waals surface area contributed by atoms with Gasteiger partial charge in [0.1, 0.15) is 17.0 Å². The number of methoxy groups -OCH3 is 1. The van der Waals surface area contributed by atoms with Crippen molar-refractivity contribution in [1.82, 2.24) is 4.98 Å². The molecule has 1 spiro atoms. The molecule has 8 nitrogen and oxygen atoms in total. The van der Waals surface area contributed by atoms with Crippen molar-refractivity contribution < 1.29 is 28.6 Å². The first-order valence-corrected chi connectivity index (χ1v) is 14.1. The molecule has 0 bridgehead atoms. The average molecular weight is 594 g/mol. The van der Waals surface area contributed by atoms with Crippen molar-refractivity contribution in [3.05, 3.63) is 81.9 Å². The van der Waals surface area contributed by atoms with Crippen molar-refractivity contribution >= 4 is 40.8 Å². The molecule has 2 aromatic carbocycles. The largest absolute Gasteiger partial charge is 0.495 e. The maximum Gasteiger partial charge on any atom is 0.335 e. The number of carboxylic acids is 1. The molecule has 1 fully saturated rings. The van der Waals surface area contributed by atoms with Crippen LogP contribution >= 0.6 is 11.6 Å². The Labute approximate surface area is 248 Å². The van der Waals surface area contributed by atoms with Crippen molar-refractivity contribution in [2.75, 3.05) is 17.7 Å². The monoisotopic (exact) mass is 593 g/mol. The minimum Gasteiger partial charge on any atom is -0.495 e. The number of aromatic nitrogens is 1. The van der Waals surface area contributed by atoms with Gasteiger partial charge in [-0.1, -0.05) is 44.5 Å². The highest BCUT2D eigenvalue weighted by Gasteiger charge is 2.67. The lowest BCUT2D eigenvalue weighted by Crippen LogP contribution is -2.45. The van der Waals surface area contributed by atoms with Crippen molar-refractivity contribution in [3.8, 4) is 5.75 Å². The molecule has 4 atom stereocenters. The predicted molar refractivity (Wildman–Crippen MR) is 158 cm³/mol. The summed E-state index contributed by atoms with van der Waals surface area (Å²) in [6.07, 6.45) is 2.48. The Hall–Kier alpha value is -3.98. The van der Waals surface area contributed by atoms with Gasteiger partial charge < -0.3 is 20.5 Å². The van der Waals surface area contributed by atoms with E-state index in [-0.39, 0.29) is 51.2 Å². The van der Waals surface area contributed by atoms with Crippen LogP contribution in [0.2, 0.25) is 5.02 Å². The number of hydrogen-bond donors (Lipinski definition) is 3. The average Bonchev–Trinajstić information content (AvgIpc) is 3.41. The first-order chi connectivity index (χ1) is 19.8. The van der Waals surface area contributed by atoms with Crippen LogP contribution in [0.15, 0.2) is 48.7 Å². The highest BCUT2D eigenvalue weighted by Crippen LogP contribution is 2.64. The Balaban J connectivity index is 1.71. The van der Waals surface area contributed by atoms with Crippen LogP contribution < -0.4 is 15.4 Å². The molecule has 1 saturated carbocycles. The van der Waals surface area contributed by atoms with Gasteiger partial charge in [0, 0.05) is 18.0 Å². The van der Waals surface area contributed by atoms with Crippen molar-refractivity contribution in [2.24, 2.45) is 17.3 Å². The molecule has 2 amide bonds. The minimum absolute atomic E-state index is 0.00513. The normalized spacial score (nSPS) is 23.0. The number of nitrogens with one attached hydrogen (secondary N) is 2. The lowest BCUT2D eigenvalue weighted by Gasteiger charge is -2.38. The summed E-state index contributed by atoms with van der Waals surface area (Å²) in [5.41, 5.74) is 0.749. The Morgan fingerprint density at radius 1 is 1.24 bits per heavy atom. The molecule has 220 valence electrons. The number of carbonyl (C=O) groups is 3. The SMILES string of the molecule is COc1cc(C(=O)O)ccc1NC(=O)[C@@H]1C[C@@H](CC(C)(C)C)[C@@]2(C(=O)Nc3c(C)ccnc32)[C@H]1c1cccc(Cl)c1F. The van der Waals surface area contributed by atoms with E-state index in [1.807, 2.05) is 6.92 Å². The van der Waals surface area contributed by atoms with Gasteiger partial charge in [0.25, 0.3) is 0 Å². The van der Waals surface area contributed by atoms with Crippen molar-refractivity contribution in [1.29, 1.82) is 0 Å². The van der Waals surface area contributed by atoms with Crippen LogP contribution in [-0.2, 0) is 15.0 Å². The van der Waals surface area contributed by atoms with Crippen LogP contribution in [-0.4, -0.2) is 35.0 Å². The number of pyridine rings is 1. The number of ether oxygens (including phenoxy) is 1. The standard InChI is InChI=1S/C32H33ClFN3O5/c1-16-11-12-35-27-26(16)37-30(41)32(27)18(15-31(2,3)4)14-20(24(32)19-7-6-8-21(33)25(19)34)28(38)36-22-10-9-17(29(39)40)13-23(22)42-5/h6-13,18,20,24H,14-15H2,1-5H3,(H,36,38)(H,37,41)(H,39,40)/t18-,20+,24-,32+/m0/s1. The molecular formula is C32H33ClFN3O5. The number of carboxylic acid groups (broad SMARTS) is 1. The van der Waals surface area contributed by atoms with Gasteiger partial charge >= 0.3 is 5.97 Å². The van der Waals surface area contributed by atoms with Crippen molar-refractivity contribution in [3.63, 3.8) is 0 Å². The van der Waals surface area contributed by atoms with E-state index in [4.69, 9.17) is 21.3 Å². The number of nitrogens with zero attached hydrogens (tertiary/aromatic N) is 1. The topological polar surface area (TPSA) is 118 Å². The summed E-state index contributed by atoms with van der Waals surface area (Å²) in [5, 5.41) is 15.2. The first kappa shape index (κ1) is 29.5. The van der Waals surface area contributed by atoms with Crippen LogP contribution in [0.1, 0.15) is 66.7 Å². The highest BCUT2D eigenvalue weighted by atomic mass is 35.5. The van der Waals surface area contributed by atoms with E-state index in [0.29, 0.717) is 17.8 Å². The fraction of sp³-hybridized carbons (Fsp3) is 0.375. The molecule has 2 aliphatic rings. The number of hydrogen-bond acceptors (Lipinski definition) is 5. The molecule has 3 aromatic rings. The summed E-state index contributed by atoms with van der Waals surface area (Å²) in [6, 6.07) is 10.6. The molecule has 5 rings (SSSR count). The molecule has 1 aliphatic carbocycles. The van der Waals surface area contributed by atoms with Gasteiger partial charge in [0.2, 0.25) is 11.8 Å². The second-order valence-corrected chi connectivity index (χ2v) is 12.7. The van der Waals surface area contributed by atoms with Crippen LogP contribution in [0.25, 0.3) is 0 Å². The molecule has 10 heteroatoms. The Kier molecular flexibility index (Phi) is 7.51. The lowest BCUT2D eigenvalue weighted by molar-refractivity contribution is -0.123. The van der Waals surface area contributed by atoms with Gasteiger partial charge in [-0.3, -0.25) is 14.6 Å². The van der Waals surface area contributed by atoms with Crippen LogP contribution in [0.3, 0.4) is 0 Å². The number of amides is 2. The number of rotatable bonds is 6. The van der Waals surface area contributed by atoms with Crippen LogP contribution in [0.5, 0.6) is 5.75 Å². The molecule has 3 N–H and O–H groups in total. The van der Waals surface area contributed by atoms with E-state index in [1.165, 1.54) is 31.4 Å². The van der Waals surface area contributed by atoms with E-state index < -0.39 is 34.9 Å². The Morgan fingerprint density at radius 3 is 2.64 bits per heavy atom. The van der Waals surface area contributed by atoms with E-state index in [9.17, 15) is 19.5 Å². The zero-order valence-electron chi connectivity index (χ0n) is 24.0. The molecule has 42 heavy (non-hydrogen) atoms. The molecule has 0 radical (unpaired) electrons. The van der Waals surface area contributed by atoms with Gasteiger partial charge in [-0.25, -0.2) is 9.18 Å². The molecule has 0 saturated heterocycles. The zero-order chi connectivity index (χ0) is 30.6. The fourth-order valence-corrected chi connectivity index (χ4v) is 7.02. The number of halogens is 2. The first-order valence-electron chi connectivity index (χ1n) is 13.7.